The molecular formula is C25H26N6O4. The van der Waals surface area contributed by atoms with Gasteiger partial charge in [-0.1, -0.05) is 50.1 Å². The van der Waals surface area contributed by atoms with E-state index in [0.717, 1.165) is 24.8 Å². The number of aryl methyl sites for hydroxylation is 2. The Kier molecular flexibility index (Phi) is 7.00. The average molecular weight is 475 g/mol. The predicted octanol–water partition coefficient (Wildman–Crippen LogP) is 2.07. The van der Waals surface area contributed by atoms with Gasteiger partial charge in [0.15, 0.2) is 5.69 Å². The summed E-state index contributed by atoms with van der Waals surface area (Å²) in [6.45, 7) is 3.97. The highest BCUT2D eigenvalue weighted by Crippen LogP contribution is 2.14. The molecular weight excluding hydrogens is 448 g/mol. The van der Waals surface area contributed by atoms with E-state index >= 15 is 0 Å². The summed E-state index contributed by atoms with van der Waals surface area (Å²) in [6, 6.07) is 12.0. The highest BCUT2D eigenvalue weighted by Gasteiger charge is 2.17. The van der Waals surface area contributed by atoms with Crippen LogP contribution in [0.15, 0.2) is 58.4 Å². The number of hydrazine groups is 1. The first-order valence-corrected chi connectivity index (χ1v) is 11.4. The number of benzene rings is 2. The number of amides is 2. The zero-order valence-corrected chi connectivity index (χ0v) is 19.6. The minimum atomic E-state index is -0.668. The quantitative estimate of drug-likeness (QED) is 0.312. The Hall–Kier alpha value is -4.34. The molecule has 2 aromatic heterocycles. The lowest BCUT2D eigenvalue weighted by molar-refractivity contribution is -0.122. The molecule has 4 aromatic rings. The van der Waals surface area contributed by atoms with Gasteiger partial charge in [-0.25, -0.2) is 9.67 Å². The molecule has 10 heteroatoms. The molecule has 0 saturated heterocycles. The number of nitrogens with one attached hydrogen (secondary N) is 2. The SMILES string of the molecule is CCCCCn1nc(C(=O)NNC(=O)Cn2cnc3c(C)cccc3c2=O)c2ccccc2c1=O. The van der Waals surface area contributed by atoms with Gasteiger partial charge < -0.3 is 0 Å². The maximum Gasteiger partial charge on any atom is 0.290 e. The molecule has 4 rings (SSSR count). The smallest absolute Gasteiger partial charge is 0.289 e. The molecule has 2 aromatic carbocycles. The predicted molar refractivity (Wildman–Crippen MR) is 132 cm³/mol. The van der Waals surface area contributed by atoms with Crippen molar-refractivity contribution in [3.8, 4) is 0 Å². The summed E-state index contributed by atoms with van der Waals surface area (Å²) in [5.74, 6) is -1.28. The Morgan fingerprint density at radius 1 is 0.914 bits per heavy atom. The topological polar surface area (TPSA) is 128 Å². The fourth-order valence-electron chi connectivity index (χ4n) is 3.90. The normalized spacial score (nSPS) is 11.0. The first-order chi connectivity index (χ1) is 16.9. The molecule has 0 atom stereocenters. The molecule has 0 spiro atoms. The van der Waals surface area contributed by atoms with Gasteiger partial charge in [-0.15, -0.1) is 0 Å². The van der Waals surface area contributed by atoms with Gasteiger partial charge in [-0.2, -0.15) is 5.10 Å². The van der Waals surface area contributed by atoms with Gasteiger partial charge in [0.25, 0.3) is 22.9 Å². The van der Waals surface area contributed by atoms with Crippen LogP contribution in [0.1, 0.15) is 42.2 Å². The van der Waals surface area contributed by atoms with E-state index in [9.17, 15) is 19.2 Å². The number of aromatic nitrogens is 4. The summed E-state index contributed by atoms with van der Waals surface area (Å²) in [7, 11) is 0. The standard InChI is InChI=1S/C25H26N6O4/c1-3-4-7-13-31-25(35)18-11-6-5-10-17(18)22(29-31)23(33)28-27-20(32)14-30-15-26-21-16(2)9-8-12-19(21)24(30)34/h5-6,8-12,15H,3-4,7,13-14H2,1-2H3,(H,27,32)(H,28,33). The van der Waals surface area contributed by atoms with Crippen LogP contribution in [0.25, 0.3) is 21.7 Å². The largest absolute Gasteiger partial charge is 0.290 e. The molecule has 0 fully saturated rings. The van der Waals surface area contributed by atoms with Crippen molar-refractivity contribution >= 4 is 33.5 Å². The van der Waals surface area contributed by atoms with E-state index in [-0.39, 0.29) is 23.4 Å². The van der Waals surface area contributed by atoms with Crippen LogP contribution in [0.3, 0.4) is 0 Å². The van der Waals surface area contributed by atoms with Gasteiger partial charge in [0.2, 0.25) is 0 Å². The van der Waals surface area contributed by atoms with Crippen molar-refractivity contribution in [1.29, 1.82) is 0 Å². The van der Waals surface area contributed by atoms with Gasteiger partial charge >= 0.3 is 0 Å². The number of carbonyl (C=O) groups is 2. The first kappa shape index (κ1) is 23.8. The van der Waals surface area contributed by atoms with Crippen LogP contribution >= 0.6 is 0 Å². The Morgan fingerprint density at radius 2 is 1.66 bits per heavy atom. The second-order valence-corrected chi connectivity index (χ2v) is 8.28. The summed E-state index contributed by atoms with van der Waals surface area (Å²) < 4.78 is 2.46. The van der Waals surface area contributed by atoms with Gasteiger partial charge in [0.1, 0.15) is 6.54 Å². The lowest BCUT2D eigenvalue weighted by Gasteiger charge is -2.12. The number of carbonyl (C=O) groups excluding carboxylic acids is 2. The van der Waals surface area contributed by atoms with E-state index in [1.54, 1.807) is 36.4 Å². The van der Waals surface area contributed by atoms with E-state index in [4.69, 9.17) is 0 Å². The van der Waals surface area contributed by atoms with Crippen molar-refractivity contribution in [2.45, 2.75) is 46.2 Å². The number of para-hydroxylation sites is 1. The minimum Gasteiger partial charge on any atom is -0.289 e. The fourth-order valence-corrected chi connectivity index (χ4v) is 3.90. The van der Waals surface area contributed by atoms with Crippen LogP contribution < -0.4 is 22.0 Å². The van der Waals surface area contributed by atoms with Gasteiger partial charge in [0, 0.05) is 11.9 Å². The number of rotatable bonds is 7. The fraction of sp³-hybridized carbons (Fsp3) is 0.280. The number of hydrogen-bond donors (Lipinski definition) is 2. The number of unbranched alkanes of at least 4 members (excludes halogenated alkanes) is 2. The van der Waals surface area contributed by atoms with E-state index in [2.05, 4.69) is 27.9 Å². The van der Waals surface area contributed by atoms with Crippen LogP contribution in [-0.2, 0) is 17.9 Å². The Morgan fingerprint density at radius 3 is 2.43 bits per heavy atom. The number of nitrogens with zero attached hydrogens (tertiary/aromatic N) is 4. The zero-order chi connectivity index (χ0) is 24.9. The Labute approximate surface area is 200 Å². The summed E-state index contributed by atoms with van der Waals surface area (Å²) in [5, 5.41) is 5.44. The van der Waals surface area contributed by atoms with Gasteiger partial charge in [0.05, 0.1) is 22.6 Å². The summed E-state index contributed by atoms with van der Waals surface area (Å²) in [5.41, 5.74) is 5.49. The third-order valence-electron chi connectivity index (χ3n) is 5.74. The number of hydrogen-bond acceptors (Lipinski definition) is 6. The second kappa shape index (κ2) is 10.3. The monoisotopic (exact) mass is 474 g/mol. The Bertz CT molecular complexity index is 1540. The second-order valence-electron chi connectivity index (χ2n) is 8.28. The molecule has 0 radical (unpaired) electrons. The third kappa shape index (κ3) is 4.96. The Balaban J connectivity index is 1.52. The molecule has 2 heterocycles. The maximum atomic E-state index is 12.9. The average Bonchev–Trinajstić information content (AvgIpc) is 2.86. The molecule has 0 bridgehead atoms. The highest BCUT2D eigenvalue weighted by atomic mass is 16.2. The van der Waals surface area contributed by atoms with Crippen molar-refractivity contribution in [1.82, 2.24) is 30.2 Å². The van der Waals surface area contributed by atoms with E-state index in [1.165, 1.54) is 15.6 Å². The highest BCUT2D eigenvalue weighted by molar-refractivity contribution is 6.05. The van der Waals surface area contributed by atoms with Gasteiger partial charge in [-0.3, -0.25) is 34.6 Å². The lowest BCUT2D eigenvalue weighted by atomic mass is 10.1. The van der Waals surface area contributed by atoms with Crippen LogP contribution in [-0.4, -0.2) is 31.1 Å². The molecule has 0 saturated carbocycles. The molecule has 2 N–H and O–H groups in total. The molecule has 0 aliphatic rings. The van der Waals surface area contributed by atoms with Crippen LogP contribution in [0.5, 0.6) is 0 Å². The zero-order valence-electron chi connectivity index (χ0n) is 19.6. The van der Waals surface area contributed by atoms with Gasteiger partial charge in [-0.05, 0) is 31.0 Å². The van der Waals surface area contributed by atoms with Crippen molar-refractivity contribution in [3.63, 3.8) is 0 Å². The van der Waals surface area contributed by atoms with Crippen molar-refractivity contribution < 1.29 is 9.59 Å². The van der Waals surface area contributed by atoms with Crippen molar-refractivity contribution in [2.75, 3.05) is 0 Å². The van der Waals surface area contributed by atoms with Crippen LogP contribution in [0.2, 0.25) is 0 Å². The number of fused-ring (bicyclic) bond motifs is 2. The first-order valence-electron chi connectivity index (χ1n) is 11.4. The molecule has 35 heavy (non-hydrogen) atoms. The van der Waals surface area contributed by atoms with Crippen molar-refractivity contribution in [3.05, 3.63) is 80.8 Å². The summed E-state index contributed by atoms with van der Waals surface area (Å²) >= 11 is 0. The molecule has 0 aliphatic carbocycles. The molecule has 10 nitrogen and oxygen atoms in total. The molecule has 2 amide bonds. The van der Waals surface area contributed by atoms with E-state index < -0.39 is 11.8 Å². The maximum absolute atomic E-state index is 12.9. The molecule has 180 valence electrons. The van der Waals surface area contributed by atoms with Crippen LogP contribution in [0.4, 0.5) is 0 Å². The van der Waals surface area contributed by atoms with E-state index in [0.29, 0.717) is 28.2 Å². The minimum absolute atomic E-state index is 0.0250. The van der Waals surface area contributed by atoms with Crippen molar-refractivity contribution in [2.24, 2.45) is 0 Å². The summed E-state index contributed by atoms with van der Waals surface area (Å²) in [6.07, 6.45) is 3.98. The molecule has 0 aliphatic heterocycles. The summed E-state index contributed by atoms with van der Waals surface area (Å²) in [4.78, 5) is 55.1. The van der Waals surface area contributed by atoms with Crippen LogP contribution in [0, 0.1) is 6.92 Å². The lowest BCUT2D eigenvalue weighted by Crippen LogP contribution is -2.45. The van der Waals surface area contributed by atoms with E-state index in [1.807, 2.05) is 13.0 Å². The third-order valence-corrected chi connectivity index (χ3v) is 5.74. The molecule has 0 unspecified atom stereocenters.